The Morgan fingerprint density at radius 1 is 1.15 bits per heavy atom. The largest absolute Gasteiger partial charge is 0.369 e. The molecule has 0 saturated heterocycles. The topological polar surface area (TPSA) is 136 Å². The Morgan fingerprint density at radius 2 is 1.50 bits per heavy atom. The van der Waals surface area contributed by atoms with Gasteiger partial charge in [-0.25, -0.2) is 0 Å². The van der Waals surface area contributed by atoms with Gasteiger partial charge in [-0.3, -0.25) is 13.9 Å². The molecule has 0 fully saturated rings. The van der Waals surface area contributed by atoms with Crippen LogP contribution in [-0.2, 0) is 23.0 Å². The molecule has 0 aliphatic carbocycles. The van der Waals surface area contributed by atoms with E-state index in [1.807, 2.05) is 0 Å². The molecule has 4 N–H and O–H groups in total. The minimum absolute atomic E-state index is 0.00107. The second-order valence-electron chi connectivity index (χ2n) is 4.33. The third kappa shape index (κ3) is 3.50. The summed E-state index contributed by atoms with van der Waals surface area (Å²) in [5.74, 6) is -2.30. The number of amides is 1. The predicted molar refractivity (Wildman–Crippen MR) is 74.3 cm³/mol. The van der Waals surface area contributed by atoms with Crippen molar-refractivity contribution in [2.75, 3.05) is 13.2 Å². The fourth-order valence-electron chi connectivity index (χ4n) is 2.02. The number of carbonyl (C=O) groups is 1. The van der Waals surface area contributed by atoms with Crippen LogP contribution in [0, 0.1) is 5.92 Å². The van der Waals surface area contributed by atoms with E-state index in [-0.39, 0.29) is 19.6 Å². The van der Waals surface area contributed by atoms with Crippen molar-refractivity contribution < 1.29 is 32.8 Å². The zero-order valence-corrected chi connectivity index (χ0v) is 13.9. The lowest BCUT2D eigenvalue weighted by Crippen LogP contribution is -2.43. The van der Waals surface area contributed by atoms with Gasteiger partial charge in [-0.15, -0.1) is 0 Å². The highest BCUT2D eigenvalue weighted by atomic mass is 31.2. The maximum atomic E-state index is 12.4. The normalized spacial score (nSPS) is 22.3. The van der Waals surface area contributed by atoms with Crippen molar-refractivity contribution in [3.8, 4) is 0 Å². The van der Waals surface area contributed by atoms with E-state index in [0.29, 0.717) is 0 Å². The summed E-state index contributed by atoms with van der Waals surface area (Å²) in [6.45, 7) is 5.13. The van der Waals surface area contributed by atoms with Crippen molar-refractivity contribution in [2.45, 2.75) is 39.0 Å². The van der Waals surface area contributed by atoms with Gasteiger partial charge in [0.2, 0.25) is 5.91 Å². The van der Waals surface area contributed by atoms with E-state index in [4.69, 9.17) is 14.8 Å². The van der Waals surface area contributed by atoms with Gasteiger partial charge in [0, 0.05) is 0 Å². The van der Waals surface area contributed by atoms with Crippen molar-refractivity contribution in [3.05, 3.63) is 0 Å². The lowest BCUT2D eigenvalue weighted by atomic mass is 10.0. The van der Waals surface area contributed by atoms with E-state index in [2.05, 4.69) is 0 Å². The molecule has 3 atom stereocenters. The van der Waals surface area contributed by atoms with Gasteiger partial charge >= 0.3 is 15.2 Å². The Bertz CT molecular complexity index is 413. The van der Waals surface area contributed by atoms with Crippen molar-refractivity contribution in [3.63, 3.8) is 0 Å². The number of nitrogens with two attached hydrogens (primary N) is 1. The summed E-state index contributed by atoms with van der Waals surface area (Å²) < 4.78 is 34.3. The summed E-state index contributed by atoms with van der Waals surface area (Å²) in [7, 11) is -9.26. The fraction of sp³-hybridized carbons (Fsp3) is 0.900. The number of rotatable bonds is 9. The van der Waals surface area contributed by atoms with E-state index in [9.17, 15) is 23.7 Å². The molecule has 0 aliphatic rings. The number of hydrogen-bond acceptors (Lipinski definition) is 5. The van der Waals surface area contributed by atoms with Crippen LogP contribution < -0.4 is 5.73 Å². The molecule has 0 aromatic heterocycles. The Hall–Kier alpha value is -0.230. The lowest BCUT2D eigenvalue weighted by molar-refractivity contribution is -0.122. The number of carbonyl (C=O) groups excluding carboxylic acids is 1. The van der Waals surface area contributed by atoms with Gasteiger partial charge in [-0.1, -0.05) is 6.92 Å². The van der Waals surface area contributed by atoms with E-state index in [0.717, 1.165) is 6.92 Å². The summed E-state index contributed by atoms with van der Waals surface area (Å²) in [5, 5.41) is 0. The smallest absolute Gasteiger partial charge is 0.346 e. The molecule has 0 radical (unpaired) electrons. The molecular weight excluding hydrogens is 308 g/mol. The van der Waals surface area contributed by atoms with E-state index in [1.54, 1.807) is 0 Å². The molecular formula is C10H23NO7P2. The molecule has 0 rings (SSSR count). The van der Waals surface area contributed by atoms with Gasteiger partial charge in [-0.05, 0) is 27.2 Å². The van der Waals surface area contributed by atoms with Crippen molar-refractivity contribution >= 4 is 21.1 Å². The van der Waals surface area contributed by atoms with Crippen LogP contribution in [0.1, 0.15) is 34.1 Å². The monoisotopic (exact) mass is 331 g/mol. The predicted octanol–water partition coefficient (Wildman–Crippen LogP) is 1.66. The first-order valence-corrected chi connectivity index (χ1v) is 9.41. The lowest BCUT2D eigenvalue weighted by Gasteiger charge is -2.39. The van der Waals surface area contributed by atoms with Gasteiger partial charge in [0.25, 0.3) is 0 Å². The molecule has 0 aliphatic heterocycles. The van der Waals surface area contributed by atoms with Crippen LogP contribution in [-0.4, -0.2) is 33.8 Å². The highest BCUT2D eigenvalue weighted by Gasteiger charge is 2.64. The first-order valence-electron chi connectivity index (χ1n) is 6.25. The van der Waals surface area contributed by atoms with Gasteiger partial charge in [-0.2, -0.15) is 0 Å². The van der Waals surface area contributed by atoms with E-state index >= 15 is 0 Å². The van der Waals surface area contributed by atoms with Crippen LogP contribution in [0.25, 0.3) is 0 Å². The quantitative estimate of drug-likeness (QED) is 0.546. The van der Waals surface area contributed by atoms with Gasteiger partial charge in [0.1, 0.15) is 0 Å². The highest BCUT2D eigenvalue weighted by Crippen LogP contribution is 2.76. The Labute approximate surface area is 118 Å². The molecule has 8 nitrogen and oxygen atoms in total. The summed E-state index contributed by atoms with van der Waals surface area (Å²) in [4.78, 5) is 29.3. The molecule has 0 heterocycles. The minimum Gasteiger partial charge on any atom is -0.369 e. The maximum absolute atomic E-state index is 12.4. The van der Waals surface area contributed by atoms with Crippen LogP contribution in [0.5, 0.6) is 0 Å². The van der Waals surface area contributed by atoms with Crippen LogP contribution >= 0.6 is 15.2 Å². The zero-order chi connectivity index (χ0) is 16.2. The second-order valence-corrected chi connectivity index (χ2v) is 9.14. The van der Waals surface area contributed by atoms with Crippen LogP contribution in [0.15, 0.2) is 0 Å². The number of primary amides is 1. The van der Waals surface area contributed by atoms with Gasteiger partial charge in [0.05, 0.1) is 19.1 Å². The average Bonchev–Trinajstić information content (AvgIpc) is 2.28. The van der Waals surface area contributed by atoms with Crippen molar-refractivity contribution in [1.29, 1.82) is 0 Å². The summed E-state index contributed by atoms with van der Waals surface area (Å²) >= 11 is 0. The molecule has 0 bridgehead atoms. The molecule has 3 unspecified atom stereocenters. The maximum Gasteiger partial charge on any atom is 0.346 e. The fourth-order valence-corrected chi connectivity index (χ4v) is 6.28. The third-order valence-electron chi connectivity index (χ3n) is 3.16. The average molecular weight is 331 g/mol. The van der Waals surface area contributed by atoms with Gasteiger partial charge in [0.15, 0.2) is 4.90 Å². The highest BCUT2D eigenvalue weighted by molar-refractivity contribution is 7.73. The van der Waals surface area contributed by atoms with E-state index in [1.165, 1.54) is 20.8 Å². The first-order chi connectivity index (χ1) is 9.01. The van der Waals surface area contributed by atoms with Crippen LogP contribution in [0.2, 0.25) is 0 Å². The Kier molecular flexibility index (Phi) is 7.08. The van der Waals surface area contributed by atoms with Crippen molar-refractivity contribution in [2.24, 2.45) is 11.7 Å². The summed E-state index contributed by atoms with van der Waals surface area (Å²) in [6.07, 6.45) is 0.00107. The molecule has 0 aromatic rings. The van der Waals surface area contributed by atoms with Crippen LogP contribution in [0.4, 0.5) is 0 Å². The summed E-state index contributed by atoms with van der Waals surface area (Å²) in [5.41, 5.74) is 5.20. The van der Waals surface area contributed by atoms with Gasteiger partial charge < -0.3 is 24.6 Å². The molecule has 120 valence electrons. The summed E-state index contributed by atoms with van der Waals surface area (Å²) in [6, 6.07) is 0. The standard InChI is InChI=1S/C10H23NO7P2/c1-5-8(9(11)12)10(4,19(13,14)17-6-2)20(15,16)18-7-3/h8H,5-7H2,1-4H3,(H2,11,12)(H,13,14)(H,15,16). The third-order valence-corrected chi connectivity index (χ3v) is 8.81. The van der Waals surface area contributed by atoms with Crippen molar-refractivity contribution in [1.82, 2.24) is 0 Å². The SMILES string of the molecule is CCOP(=O)(O)C(C)(C(CC)C(N)=O)P(=O)(O)OCC. The Morgan fingerprint density at radius 3 is 1.70 bits per heavy atom. The number of hydrogen-bond donors (Lipinski definition) is 3. The molecule has 10 heteroatoms. The molecule has 0 spiro atoms. The molecule has 0 saturated carbocycles. The molecule has 0 aromatic carbocycles. The molecule has 1 amide bonds. The van der Waals surface area contributed by atoms with E-state index < -0.39 is 31.9 Å². The zero-order valence-electron chi connectivity index (χ0n) is 12.1. The Balaban J connectivity index is 6.12. The van der Waals surface area contributed by atoms with Crippen LogP contribution in [0.3, 0.4) is 0 Å². The first kappa shape index (κ1) is 19.8. The minimum atomic E-state index is -4.63. The molecule has 20 heavy (non-hydrogen) atoms. The second kappa shape index (κ2) is 7.16.